The minimum Gasteiger partial charge on any atom is -0.373 e. The second kappa shape index (κ2) is 6.40. The molecule has 0 saturated heterocycles. The van der Waals surface area contributed by atoms with Crippen molar-refractivity contribution in [3.8, 4) is 0 Å². The van der Waals surface area contributed by atoms with Gasteiger partial charge in [-0.2, -0.15) is 13.2 Å². The number of amides is 1. The third kappa shape index (κ3) is 4.25. The lowest BCUT2D eigenvalue weighted by Crippen LogP contribution is -2.35. The number of carbonyl (C=O) groups is 1. The van der Waals surface area contributed by atoms with Gasteiger partial charge in [-0.1, -0.05) is 0 Å². The number of hydrogen-bond donors (Lipinski definition) is 2. The average Bonchev–Trinajstić information content (AvgIpc) is 2.37. The van der Waals surface area contributed by atoms with Crippen LogP contribution in [0.3, 0.4) is 0 Å². The van der Waals surface area contributed by atoms with Gasteiger partial charge >= 0.3 is 6.18 Å². The molecule has 0 aliphatic carbocycles. The van der Waals surface area contributed by atoms with E-state index in [9.17, 15) is 18.0 Å². The number of carbonyl (C=O) groups excluding carboxylic acids is 1. The Bertz CT molecular complexity index is 478. The molecule has 20 heavy (non-hydrogen) atoms. The Balaban J connectivity index is 3.02. The predicted molar refractivity (Wildman–Crippen MR) is 68.5 cm³/mol. The molecule has 1 rings (SSSR count). The zero-order valence-electron chi connectivity index (χ0n) is 11.4. The molecule has 0 radical (unpaired) electrons. The zero-order chi connectivity index (χ0) is 15.3. The van der Waals surface area contributed by atoms with Gasteiger partial charge in [-0.25, -0.2) is 9.97 Å². The van der Waals surface area contributed by atoms with Crippen LogP contribution in [-0.4, -0.2) is 43.1 Å². The van der Waals surface area contributed by atoms with Gasteiger partial charge in [-0.3, -0.25) is 4.79 Å². The Labute approximate surface area is 114 Å². The van der Waals surface area contributed by atoms with Crippen molar-refractivity contribution in [1.29, 1.82) is 0 Å². The van der Waals surface area contributed by atoms with Crippen LogP contribution in [0.5, 0.6) is 0 Å². The molecule has 1 heterocycles. The third-order valence-corrected chi connectivity index (χ3v) is 2.37. The van der Waals surface area contributed by atoms with Crippen LogP contribution in [0.15, 0.2) is 6.07 Å². The van der Waals surface area contributed by atoms with Crippen molar-refractivity contribution in [1.82, 2.24) is 15.3 Å². The highest BCUT2D eigenvalue weighted by molar-refractivity contribution is 5.80. The highest BCUT2D eigenvalue weighted by Crippen LogP contribution is 2.28. The van der Waals surface area contributed by atoms with Crippen LogP contribution in [0.2, 0.25) is 0 Å². The van der Waals surface area contributed by atoms with Gasteiger partial charge in [0.2, 0.25) is 11.7 Å². The first-order valence-electron chi connectivity index (χ1n) is 5.89. The summed E-state index contributed by atoms with van der Waals surface area (Å²) in [5.41, 5.74) is 0. The molecule has 0 saturated carbocycles. The second-order valence-corrected chi connectivity index (χ2v) is 3.99. The molecule has 0 atom stereocenters. The van der Waals surface area contributed by atoms with Crippen LogP contribution in [0.4, 0.5) is 24.8 Å². The minimum absolute atomic E-state index is 0.0166. The van der Waals surface area contributed by atoms with E-state index < -0.39 is 12.0 Å². The number of alkyl halides is 3. The van der Waals surface area contributed by atoms with Crippen LogP contribution in [0.25, 0.3) is 0 Å². The van der Waals surface area contributed by atoms with E-state index in [4.69, 9.17) is 0 Å². The second-order valence-electron chi connectivity index (χ2n) is 3.99. The van der Waals surface area contributed by atoms with E-state index in [1.165, 1.54) is 25.1 Å². The standard InChI is InChI=1S/C11H16F3N5O/c1-4-16-9(20)6-19(3)8-5-7(15-2)17-10(18-8)11(12,13)14/h5H,4,6H2,1-3H3,(H,16,20)(H,15,17,18). The van der Waals surface area contributed by atoms with Crippen molar-refractivity contribution in [3.63, 3.8) is 0 Å². The number of aromatic nitrogens is 2. The molecule has 6 nitrogen and oxygen atoms in total. The lowest BCUT2D eigenvalue weighted by molar-refractivity contribution is -0.144. The summed E-state index contributed by atoms with van der Waals surface area (Å²) in [5, 5.41) is 5.09. The number of rotatable bonds is 5. The Morgan fingerprint density at radius 3 is 2.55 bits per heavy atom. The molecule has 1 amide bonds. The fraction of sp³-hybridized carbons (Fsp3) is 0.545. The molecule has 9 heteroatoms. The molecular weight excluding hydrogens is 275 g/mol. The number of nitrogens with zero attached hydrogens (tertiary/aromatic N) is 3. The Hall–Kier alpha value is -2.06. The molecule has 0 aromatic carbocycles. The fourth-order valence-electron chi connectivity index (χ4n) is 1.43. The van der Waals surface area contributed by atoms with E-state index in [0.29, 0.717) is 6.54 Å². The molecule has 0 spiro atoms. The van der Waals surface area contributed by atoms with E-state index >= 15 is 0 Å². The summed E-state index contributed by atoms with van der Waals surface area (Å²) in [5.74, 6) is -1.50. The first-order valence-corrected chi connectivity index (χ1v) is 5.89. The van der Waals surface area contributed by atoms with Crippen molar-refractivity contribution in [3.05, 3.63) is 11.9 Å². The van der Waals surface area contributed by atoms with E-state index in [-0.39, 0.29) is 24.1 Å². The van der Waals surface area contributed by atoms with Gasteiger partial charge in [0.1, 0.15) is 11.6 Å². The van der Waals surface area contributed by atoms with Crippen molar-refractivity contribution in [2.75, 3.05) is 37.4 Å². The van der Waals surface area contributed by atoms with Crippen LogP contribution >= 0.6 is 0 Å². The Morgan fingerprint density at radius 2 is 2.05 bits per heavy atom. The van der Waals surface area contributed by atoms with Crippen LogP contribution in [0, 0.1) is 0 Å². The number of anilines is 2. The molecule has 0 aliphatic rings. The Morgan fingerprint density at radius 1 is 1.40 bits per heavy atom. The monoisotopic (exact) mass is 291 g/mol. The van der Waals surface area contributed by atoms with E-state index in [1.54, 1.807) is 6.92 Å². The third-order valence-electron chi connectivity index (χ3n) is 2.37. The first-order chi connectivity index (χ1) is 9.27. The molecule has 1 aromatic heterocycles. The quantitative estimate of drug-likeness (QED) is 0.850. The topological polar surface area (TPSA) is 70.2 Å². The molecule has 0 bridgehead atoms. The fourth-order valence-corrected chi connectivity index (χ4v) is 1.43. The summed E-state index contributed by atoms with van der Waals surface area (Å²) in [6, 6.07) is 1.34. The lowest BCUT2D eigenvalue weighted by atomic mass is 10.4. The molecule has 0 unspecified atom stereocenters. The van der Waals surface area contributed by atoms with Crippen molar-refractivity contribution >= 4 is 17.5 Å². The maximum atomic E-state index is 12.7. The maximum absolute atomic E-state index is 12.7. The van der Waals surface area contributed by atoms with Gasteiger partial charge in [0.25, 0.3) is 0 Å². The smallest absolute Gasteiger partial charge is 0.373 e. The lowest BCUT2D eigenvalue weighted by Gasteiger charge is -2.19. The number of nitrogens with one attached hydrogen (secondary N) is 2. The van der Waals surface area contributed by atoms with Crippen LogP contribution in [0.1, 0.15) is 12.7 Å². The summed E-state index contributed by atoms with van der Waals surface area (Å²) in [6.07, 6.45) is -4.64. The molecule has 0 aliphatic heterocycles. The van der Waals surface area contributed by atoms with Gasteiger partial charge in [-0.05, 0) is 6.92 Å². The van der Waals surface area contributed by atoms with Gasteiger partial charge < -0.3 is 15.5 Å². The highest BCUT2D eigenvalue weighted by Gasteiger charge is 2.35. The minimum atomic E-state index is -4.64. The van der Waals surface area contributed by atoms with E-state index in [1.807, 2.05) is 0 Å². The molecular formula is C11H16F3N5O. The van der Waals surface area contributed by atoms with Gasteiger partial charge in [-0.15, -0.1) is 0 Å². The Kier molecular flexibility index (Phi) is 5.12. The first kappa shape index (κ1) is 16.0. The largest absolute Gasteiger partial charge is 0.451 e. The van der Waals surface area contributed by atoms with Gasteiger partial charge in [0.15, 0.2) is 0 Å². The van der Waals surface area contributed by atoms with E-state index in [0.717, 1.165) is 0 Å². The summed E-state index contributed by atoms with van der Waals surface area (Å²) < 4.78 is 38.0. The van der Waals surface area contributed by atoms with Crippen molar-refractivity contribution < 1.29 is 18.0 Å². The summed E-state index contributed by atoms with van der Waals surface area (Å²) >= 11 is 0. The number of likely N-dealkylation sites (N-methyl/N-ethyl adjacent to an activating group) is 2. The van der Waals surface area contributed by atoms with Crippen molar-refractivity contribution in [2.24, 2.45) is 0 Å². The van der Waals surface area contributed by atoms with Crippen LogP contribution < -0.4 is 15.5 Å². The molecule has 0 fully saturated rings. The number of halogens is 3. The SMILES string of the molecule is CCNC(=O)CN(C)c1cc(NC)nc(C(F)(F)F)n1. The van der Waals surface area contributed by atoms with Crippen LogP contribution in [-0.2, 0) is 11.0 Å². The predicted octanol–water partition coefficient (Wildman–Crippen LogP) is 1.11. The highest BCUT2D eigenvalue weighted by atomic mass is 19.4. The summed E-state index contributed by atoms with van der Waals surface area (Å²) in [6.45, 7) is 2.11. The molecule has 112 valence electrons. The van der Waals surface area contributed by atoms with Gasteiger partial charge in [0.05, 0.1) is 6.54 Å². The number of hydrogen-bond acceptors (Lipinski definition) is 5. The summed E-state index contributed by atoms with van der Waals surface area (Å²) in [7, 11) is 2.94. The average molecular weight is 291 g/mol. The zero-order valence-corrected chi connectivity index (χ0v) is 11.4. The normalized spacial score (nSPS) is 11.1. The summed E-state index contributed by atoms with van der Waals surface area (Å²) in [4.78, 5) is 19.5. The molecule has 2 N–H and O–H groups in total. The van der Waals surface area contributed by atoms with E-state index in [2.05, 4.69) is 20.6 Å². The maximum Gasteiger partial charge on any atom is 0.451 e. The molecule has 1 aromatic rings. The van der Waals surface area contributed by atoms with Crippen molar-refractivity contribution in [2.45, 2.75) is 13.1 Å². The van der Waals surface area contributed by atoms with Gasteiger partial charge in [0, 0.05) is 26.7 Å².